The predicted molar refractivity (Wildman–Crippen MR) is 200 cm³/mol. The molecule has 0 aliphatic rings. The molecule has 0 unspecified atom stereocenters. The number of hydrogen-bond acceptors (Lipinski definition) is 10. The van der Waals surface area contributed by atoms with Crippen molar-refractivity contribution in [3.05, 3.63) is 65.0 Å². The molecule has 5 rings (SSSR count). The third-order valence-electron chi connectivity index (χ3n) is 8.30. The molecular weight excluding hydrogens is 666 g/mol. The van der Waals surface area contributed by atoms with Crippen LogP contribution in [0.3, 0.4) is 0 Å². The molecule has 3 amide bonds. The van der Waals surface area contributed by atoms with Crippen LogP contribution in [0.5, 0.6) is 11.5 Å². The third-order valence-corrected chi connectivity index (χ3v) is 8.30. The molecule has 0 aliphatic heterocycles. The molecule has 16 nitrogen and oxygen atoms in total. The molecule has 52 heavy (non-hydrogen) atoms. The van der Waals surface area contributed by atoms with Gasteiger partial charge in [-0.25, -0.2) is 9.97 Å². The summed E-state index contributed by atoms with van der Waals surface area (Å²) in [4.78, 5) is 47.3. The fourth-order valence-electron chi connectivity index (χ4n) is 6.55. The quantitative estimate of drug-likeness (QED) is 0.0982. The number of ether oxygens (including phenoxy) is 2. The zero-order valence-electron chi connectivity index (χ0n) is 30.8. The molecular formula is C36H47N11O5. The summed E-state index contributed by atoms with van der Waals surface area (Å²) in [5, 5.41) is 10.4. The number of methoxy groups -OCH3 is 1. The van der Waals surface area contributed by atoms with E-state index in [9.17, 15) is 14.4 Å². The number of nitrogens with zero attached hydrogens (tertiary/aromatic N) is 6. The summed E-state index contributed by atoms with van der Waals surface area (Å²) in [6.07, 6.45) is 4.36. The van der Waals surface area contributed by atoms with Crippen LogP contribution in [0.4, 0.5) is 11.9 Å². The van der Waals surface area contributed by atoms with Gasteiger partial charge in [0, 0.05) is 49.8 Å². The Bertz CT molecular complexity index is 2200. The number of aryl methyl sites for hydroxylation is 2. The van der Waals surface area contributed by atoms with Crippen LogP contribution >= 0.6 is 0 Å². The zero-order valence-corrected chi connectivity index (χ0v) is 30.8. The number of rotatable bonds is 15. The van der Waals surface area contributed by atoms with Crippen molar-refractivity contribution in [3.8, 4) is 11.5 Å². The summed E-state index contributed by atoms with van der Waals surface area (Å²) in [6, 6.07) is 8.07. The van der Waals surface area contributed by atoms with Crippen molar-refractivity contribution in [2.75, 3.05) is 24.8 Å². The fourth-order valence-corrected chi connectivity index (χ4v) is 6.55. The molecule has 0 spiro atoms. The van der Waals surface area contributed by atoms with Crippen LogP contribution in [0, 0.1) is 6.92 Å². The smallest absolute Gasteiger partial charge is 0.276 e. The van der Waals surface area contributed by atoms with Crippen LogP contribution in [-0.2, 0) is 19.6 Å². The maximum absolute atomic E-state index is 13.5. The summed E-state index contributed by atoms with van der Waals surface area (Å²) in [6.45, 7) is 12.5. The largest absolute Gasteiger partial charge is 0.494 e. The van der Waals surface area contributed by atoms with E-state index in [1.165, 1.54) is 7.11 Å². The highest BCUT2D eigenvalue weighted by molar-refractivity contribution is 6.04. The second kappa shape index (κ2) is 14.4. The summed E-state index contributed by atoms with van der Waals surface area (Å²) in [5.74, 6) is -0.0865. The van der Waals surface area contributed by atoms with Gasteiger partial charge in [0.25, 0.3) is 5.91 Å². The fraction of sp³-hybridized carbons (Fsp3) is 0.389. The van der Waals surface area contributed by atoms with Crippen LogP contribution in [-0.4, -0.2) is 71.9 Å². The van der Waals surface area contributed by atoms with Crippen LogP contribution in [0.25, 0.3) is 22.1 Å². The number of carbonyl (C=O) groups is 3. The molecule has 8 N–H and O–H groups in total. The number of allylic oxidation sites excluding steroid dienone is 2. The minimum absolute atomic E-state index is 0.212. The van der Waals surface area contributed by atoms with Gasteiger partial charge < -0.3 is 41.1 Å². The van der Waals surface area contributed by atoms with Crippen molar-refractivity contribution < 1.29 is 23.9 Å². The molecule has 0 saturated carbocycles. The van der Waals surface area contributed by atoms with Crippen molar-refractivity contribution in [1.82, 2.24) is 28.9 Å². The highest BCUT2D eigenvalue weighted by atomic mass is 16.5. The van der Waals surface area contributed by atoms with Crippen LogP contribution in [0.2, 0.25) is 0 Å². The van der Waals surface area contributed by atoms with E-state index in [-0.39, 0.29) is 23.6 Å². The van der Waals surface area contributed by atoms with Gasteiger partial charge in [-0.2, -0.15) is 5.10 Å². The lowest BCUT2D eigenvalue weighted by molar-refractivity contribution is 0.0792. The van der Waals surface area contributed by atoms with E-state index in [2.05, 4.69) is 20.7 Å². The van der Waals surface area contributed by atoms with Gasteiger partial charge in [0.15, 0.2) is 0 Å². The van der Waals surface area contributed by atoms with E-state index in [4.69, 9.17) is 31.7 Å². The standard InChI is InChI=1S/C36H47N11O5/c1-9-47-25(14-20(2)44-47)32(50)43-34-42-23-15-21(30(37)48)17-26(51-8)28(23)46(34)13-11-10-12-45-29-24(41-33(45)40-7)16-22(31(38)49)18-27(29)52-36(5,6)19-35(3,4)39/h10-11,14-18H,9,12-13,19,39H2,1-8H3,(H2,37,48)(H2,38,49)(H,40,41)(H,42,43,50)/b11-10+. The molecule has 0 aliphatic carbocycles. The predicted octanol–water partition coefficient (Wildman–Crippen LogP) is 3.95. The highest BCUT2D eigenvalue weighted by Gasteiger charge is 2.30. The average Bonchev–Trinajstić information content (AvgIpc) is 3.73. The highest BCUT2D eigenvalue weighted by Crippen LogP contribution is 2.35. The summed E-state index contributed by atoms with van der Waals surface area (Å²) >= 11 is 0. The van der Waals surface area contributed by atoms with E-state index in [0.29, 0.717) is 70.4 Å². The van der Waals surface area contributed by atoms with Gasteiger partial charge in [-0.15, -0.1) is 0 Å². The van der Waals surface area contributed by atoms with Gasteiger partial charge in [0.1, 0.15) is 33.8 Å². The summed E-state index contributed by atoms with van der Waals surface area (Å²) < 4.78 is 17.5. The Morgan fingerprint density at radius 1 is 0.865 bits per heavy atom. The molecule has 0 fully saturated rings. The van der Waals surface area contributed by atoms with Gasteiger partial charge in [-0.3, -0.25) is 24.4 Å². The normalized spacial score (nSPS) is 12.2. The third kappa shape index (κ3) is 7.86. The Morgan fingerprint density at radius 3 is 1.92 bits per heavy atom. The van der Waals surface area contributed by atoms with Gasteiger partial charge in [0.2, 0.25) is 23.7 Å². The topological polar surface area (TPSA) is 225 Å². The number of imidazole rings is 2. The number of primary amides is 2. The number of hydrogen-bond donors (Lipinski definition) is 5. The maximum atomic E-state index is 13.5. The number of aromatic nitrogens is 6. The number of nitrogens with one attached hydrogen (secondary N) is 2. The Balaban J connectivity index is 1.55. The first kappa shape index (κ1) is 37.4. The van der Waals surface area contributed by atoms with Gasteiger partial charge in [-0.1, -0.05) is 12.2 Å². The van der Waals surface area contributed by atoms with Crippen LogP contribution in [0.15, 0.2) is 42.5 Å². The Hall–Kier alpha value is -5.90. The van der Waals surface area contributed by atoms with Crippen molar-refractivity contribution in [1.29, 1.82) is 0 Å². The lowest BCUT2D eigenvalue weighted by atomic mass is 9.90. The number of fused-ring (bicyclic) bond motifs is 2. The molecule has 3 heterocycles. The minimum Gasteiger partial charge on any atom is -0.494 e. The molecule has 276 valence electrons. The van der Waals surface area contributed by atoms with E-state index < -0.39 is 28.9 Å². The lowest BCUT2D eigenvalue weighted by Crippen LogP contribution is -2.43. The SMILES string of the molecule is CCn1nc(C)cc1C(=O)Nc1nc2cc(C(N)=O)cc(OC)c2n1C/C=C/Cn1c(NC)nc2cc(C(N)=O)cc(OC(C)(C)CC(C)(C)N)c21. The number of carbonyl (C=O) groups excluding carboxylic acids is 3. The lowest BCUT2D eigenvalue weighted by Gasteiger charge is -2.33. The molecule has 0 atom stereocenters. The Morgan fingerprint density at radius 2 is 1.40 bits per heavy atom. The second-order valence-electron chi connectivity index (χ2n) is 13.9. The van der Waals surface area contributed by atoms with Crippen molar-refractivity contribution in [2.24, 2.45) is 17.2 Å². The first-order valence-corrected chi connectivity index (χ1v) is 16.8. The zero-order chi connectivity index (χ0) is 38.1. The van der Waals surface area contributed by atoms with E-state index in [1.54, 1.807) is 46.6 Å². The molecule has 16 heteroatoms. The number of nitrogens with two attached hydrogens (primary N) is 3. The Kier molecular flexibility index (Phi) is 10.3. The first-order valence-electron chi connectivity index (χ1n) is 16.8. The van der Waals surface area contributed by atoms with Gasteiger partial charge in [0.05, 0.1) is 23.8 Å². The first-order chi connectivity index (χ1) is 24.4. The van der Waals surface area contributed by atoms with Crippen molar-refractivity contribution in [3.63, 3.8) is 0 Å². The van der Waals surface area contributed by atoms with Crippen molar-refractivity contribution in [2.45, 2.75) is 78.7 Å². The van der Waals surface area contributed by atoms with Crippen molar-refractivity contribution >= 4 is 51.7 Å². The molecule has 3 aromatic heterocycles. The summed E-state index contributed by atoms with van der Waals surface area (Å²) in [7, 11) is 3.24. The number of benzene rings is 2. The van der Waals surface area contributed by atoms with Crippen LogP contribution in [0.1, 0.15) is 77.9 Å². The Labute approximate surface area is 301 Å². The second-order valence-corrected chi connectivity index (χ2v) is 13.9. The van der Waals surface area contributed by atoms with E-state index in [0.717, 1.165) is 0 Å². The van der Waals surface area contributed by atoms with Crippen LogP contribution < -0.4 is 37.3 Å². The molecule has 0 radical (unpaired) electrons. The van der Waals surface area contributed by atoms with Gasteiger partial charge >= 0.3 is 0 Å². The maximum Gasteiger partial charge on any atom is 0.276 e. The molecule has 0 saturated heterocycles. The molecule has 5 aromatic rings. The summed E-state index contributed by atoms with van der Waals surface area (Å²) in [5.41, 5.74) is 20.1. The molecule has 0 bridgehead atoms. The monoisotopic (exact) mass is 713 g/mol. The number of amides is 3. The van der Waals surface area contributed by atoms with E-state index in [1.807, 2.05) is 58.3 Å². The molecule has 2 aromatic carbocycles. The van der Waals surface area contributed by atoms with E-state index >= 15 is 0 Å². The number of anilines is 2. The average molecular weight is 714 g/mol. The van der Waals surface area contributed by atoms with Gasteiger partial charge in [-0.05, 0) is 71.9 Å². The minimum atomic E-state index is -0.698.